The van der Waals surface area contributed by atoms with Crippen LogP contribution in [0.3, 0.4) is 0 Å². The minimum Gasteiger partial charge on any atom is -0.298 e. The van der Waals surface area contributed by atoms with Gasteiger partial charge in [-0.2, -0.15) is 5.26 Å². The molecule has 0 aliphatic heterocycles. The van der Waals surface area contributed by atoms with Gasteiger partial charge in [0.15, 0.2) is 0 Å². The quantitative estimate of drug-likeness (QED) is 0.626. The Morgan fingerprint density at radius 2 is 2.36 bits per heavy atom. The Morgan fingerprint density at radius 3 is 3.07 bits per heavy atom. The molecular weight excluding hydrogens is 293 g/mol. The summed E-state index contributed by atoms with van der Waals surface area (Å²) in [4.78, 5) is 15.4. The number of hydrogen-bond donors (Lipinski definition) is 0. The lowest BCUT2D eigenvalue weighted by molar-refractivity contribution is 0.588. The van der Waals surface area contributed by atoms with Crippen LogP contribution in [0.5, 0.6) is 0 Å². The zero-order valence-corrected chi connectivity index (χ0v) is 9.77. The van der Waals surface area contributed by atoms with Crippen LogP contribution in [0.4, 0.5) is 0 Å². The van der Waals surface area contributed by atoms with Crippen molar-refractivity contribution in [2.24, 2.45) is 0 Å². The zero-order valence-electron chi connectivity index (χ0n) is 7.61. The lowest BCUT2D eigenvalue weighted by Crippen LogP contribution is -2.22. The Bertz CT molecular complexity index is 394. The second-order valence-corrected chi connectivity index (χ2v) is 4.02. The van der Waals surface area contributed by atoms with E-state index < -0.39 is 0 Å². The van der Waals surface area contributed by atoms with Gasteiger partial charge in [0.2, 0.25) is 0 Å². The molecule has 1 aromatic heterocycles. The smallest absolute Gasteiger partial charge is 0.266 e. The van der Waals surface area contributed by atoms with Gasteiger partial charge in [0.1, 0.15) is 0 Å². The van der Waals surface area contributed by atoms with E-state index in [1.165, 1.54) is 6.33 Å². The molecule has 1 aromatic rings. The normalized spacial score (nSPS) is 9.71. The first-order valence-electron chi connectivity index (χ1n) is 4.32. The number of halogens is 1. The molecule has 14 heavy (non-hydrogen) atoms. The highest BCUT2D eigenvalue weighted by molar-refractivity contribution is 14.1. The molecule has 0 amide bonds. The molecule has 0 aliphatic carbocycles. The predicted molar refractivity (Wildman–Crippen MR) is 60.7 cm³/mol. The predicted octanol–water partition coefficient (Wildman–Crippen LogP) is 1.54. The van der Waals surface area contributed by atoms with E-state index in [4.69, 9.17) is 5.26 Å². The van der Waals surface area contributed by atoms with Crippen molar-refractivity contribution in [1.29, 1.82) is 5.26 Å². The topological polar surface area (TPSA) is 58.7 Å². The number of aromatic nitrogens is 2. The second kappa shape index (κ2) is 5.75. The first kappa shape index (κ1) is 11.2. The van der Waals surface area contributed by atoms with Crippen LogP contribution in [0.1, 0.15) is 19.3 Å². The highest BCUT2D eigenvalue weighted by Crippen LogP contribution is 1.98. The van der Waals surface area contributed by atoms with Gasteiger partial charge in [-0.3, -0.25) is 9.36 Å². The molecule has 4 nitrogen and oxygen atoms in total. The van der Waals surface area contributed by atoms with Gasteiger partial charge < -0.3 is 0 Å². The molecule has 0 N–H and O–H groups in total. The molecule has 0 saturated carbocycles. The van der Waals surface area contributed by atoms with Gasteiger partial charge >= 0.3 is 0 Å². The third-order valence-electron chi connectivity index (χ3n) is 1.80. The molecule has 0 bridgehead atoms. The number of rotatable bonds is 4. The highest BCUT2D eigenvalue weighted by Gasteiger charge is 1.99. The van der Waals surface area contributed by atoms with Crippen molar-refractivity contribution >= 4 is 22.6 Å². The molecular formula is C9H10IN3O. The van der Waals surface area contributed by atoms with Crippen molar-refractivity contribution in [3.63, 3.8) is 0 Å². The molecule has 5 heteroatoms. The van der Waals surface area contributed by atoms with Crippen molar-refractivity contribution in [3.05, 3.63) is 26.4 Å². The van der Waals surface area contributed by atoms with Gasteiger partial charge in [-0.05, 0) is 35.4 Å². The first-order chi connectivity index (χ1) is 6.75. The van der Waals surface area contributed by atoms with E-state index in [0.717, 1.165) is 12.8 Å². The van der Waals surface area contributed by atoms with Gasteiger partial charge in [-0.1, -0.05) is 0 Å². The van der Waals surface area contributed by atoms with E-state index in [1.807, 2.05) is 22.6 Å². The van der Waals surface area contributed by atoms with Gasteiger partial charge in [0.05, 0.1) is 16.0 Å². The largest absolute Gasteiger partial charge is 0.298 e. The molecule has 0 saturated heterocycles. The summed E-state index contributed by atoms with van der Waals surface area (Å²) in [6.45, 7) is 0.643. The van der Waals surface area contributed by atoms with Gasteiger partial charge in [-0.15, -0.1) is 0 Å². The van der Waals surface area contributed by atoms with Crippen LogP contribution in [-0.4, -0.2) is 9.55 Å². The van der Waals surface area contributed by atoms with Gasteiger partial charge in [0, 0.05) is 19.2 Å². The van der Waals surface area contributed by atoms with E-state index >= 15 is 0 Å². The Hall–Kier alpha value is -0.900. The Balaban J connectivity index is 2.56. The Kier molecular flexibility index (Phi) is 4.59. The molecule has 1 rings (SSSR count). The number of aryl methyl sites for hydroxylation is 1. The summed E-state index contributed by atoms with van der Waals surface area (Å²) in [6.07, 6.45) is 5.31. The van der Waals surface area contributed by atoms with Crippen LogP contribution in [-0.2, 0) is 6.54 Å². The molecule has 0 aliphatic rings. The van der Waals surface area contributed by atoms with Crippen molar-refractivity contribution in [2.75, 3.05) is 0 Å². The monoisotopic (exact) mass is 303 g/mol. The van der Waals surface area contributed by atoms with Crippen LogP contribution < -0.4 is 5.56 Å². The third-order valence-corrected chi connectivity index (χ3v) is 2.54. The van der Waals surface area contributed by atoms with E-state index in [2.05, 4.69) is 11.1 Å². The number of hydrogen-bond acceptors (Lipinski definition) is 3. The van der Waals surface area contributed by atoms with Crippen LogP contribution >= 0.6 is 22.6 Å². The van der Waals surface area contributed by atoms with Gasteiger partial charge in [0.25, 0.3) is 5.56 Å². The molecule has 0 atom stereocenters. The summed E-state index contributed by atoms with van der Waals surface area (Å²) >= 11 is 1.97. The fourth-order valence-electron chi connectivity index (χ4n) is 1.07. The summed E-state index contributed by atoms with van der Waals surface area (Å²) in [5.74, 6) is 0. The Morgan fingerprint density at radius 1 is 1.57 bits per heavy atom. The van der Waals surface area contributed by atoms with E-state index in [0.29, 0.717) is 16.5 Å². The van der Waals surface area contributed by atoms with E-state index in [9.17, 15) is 4.79 Å². The average Bonchev–Trinajstić information content (AvgIpc) is 2.19. The summed E-state index contributed by atoms with van der Waals surface area (Å²) in [5.41, 5.74) is -0.00226. The molecule has 1 heterocycles. The van der Waals surface area contributed by atoms with Crippen LogP contribution in [0.2, 0.25) is 0 Å². The third kappa shape index (κ3) is 3.10. The fraction of sp³-hybridized carbons (Fsp3) is 0.444. The molecule has 0 radical (unpaired) electrons. The second-order valence-electron chi connectivity index (χ2n) is 2.86. The first-order valence-corrected chi connectivity index (χ1v) is 5.40. The van der Waals surface area contributed by atoms with Gasteiger partial charge in [-0.25, -0.2) is 4.98 Å². The van der Waals surface area contributed by atoms with E-state index in [1.54, 1.807) is 10.8 Å². The average molecular weight is 303 g/mol. The summed E-state index contributed by atoms with van der Waals surface area (Å²) in [6, 6.07) is 2.08. The number of nitriles is 1. The highest BCUT2D eigenvalue weighted by atomic mass is 127. The standard InChI is InChI=1S/C9H10IN3O/c10-8-6-12-7-13(9(8)14)5-3-1-2-4-11/h6-7H,1-3,5H2. The Labute approximate surface area is 95.7 Å². The molecule has 0 unspecified atom stereocenters. The van der Waals surface area contributed by atoms with Crippen LogP contribution in [0, 0.1) is 14.9 Å². The fourth-order valence-corrected chi connectivity index (χ4v) is 1.54. The minimum absolute atomic E-state index is 0.00226. The maximum atomic E-state index is 11.5. The molecule has 0 aromatic carbocycles. The minimum atomic E-state index is -0.00226. The summed E-state index contributed by atoms with van der Waals surface area (Å²) in [7, 11) is 0. The molecule has 0 spiro atoms. The maximum Gasteiger partial charge on any atom is 0.266 e. The van der Waals surface area contributed by atoms with Crippen LogP contribution in [0.15, 0.2) is 17.3 Å². The maximum absolute atomic E-state index is 11.5. The van der Waals surface area contributed by atoms with Crippen LogP contribution in [0.25, 0.3) is 0 Å². The number of nitrogens with zero attached hydrogens (tertiary/aromatic N) is 3. The lowest BCUT2D eigenvalue weighted by Gasteiger charge is -2.03. The lowest BCUT2D eigenvalue weighted by atomic mass is 10.2. The summed E-state index contributed by atoms with van der Waals surface area (Å²) < 4.78 is 2.21. The van der Waals surface area contributed by atoms with Crippen molar-refractivity contribution < 1.29 is 0 Å². The number of unbranched alkanes of at least 4 members (excludes halogenated alkanes) is 2. The van der Waals surface area contributed by atoms with Crippen molar-refractivity contribution in [3.8, 4) is 6.07 Å². The zero-order chi connectivity index (χ0) is 10.4. The molecule has 0 fully saturated rings. The SMILES string of the molecule is N#CCCCCn1cncc(I)c1=O. The molecule has 74 valence electrons. The summed E-state index contributed by atoms with van der Waals surface area (Å²) in [5, 5.41) is 8.33. The van der Waals surface area contributed by atoms with Crippen molar-refractivity contribution in [2.45, 2.75) is 25.8 Å². The van der Waals surface area contributed by atoms with Crippen molar-refractivity contribution in [1.82, 2.24) is 9.55 Å². The van der Waals surface area contributed by atoms with E-state index in [-0.39, 0.29) is 5.56 Å².